The Morgan fingerprint density at radius 2 is 2.28 bits per heavy atom. The molecule has 18 heavy (non-hydrogen) atoms. The van der Waals surface area contributed by atoms with Crippen LogP contribution in [0.15, 0.2) is 28.6 Å². The van der Waals surface area contributed by atoms with Gasteiger partial charge in [-0.2, -0.15) is 0 Å². The molecule has 1 fully saturated rings. The molecule has 2 atom stereocenters. The van der Waals surface area contributed by atoms with Crippen LogP contribution in [0, 0.1) is 0 Å². The van der Waals surface area contributed by atoms with E-state index in [4.69, 9.17) is 0 Å². The number of benzene rings is 1. The van der Waals surface area contributed by atoms with E-state index in [-0.39, 0.29) is 12.4 Å². The predicted octanol–water partition coefficient (Wildman–Crippen LogP) is 2.58. The van der Waals surface area contributed by atoms with Gasteiger partial charge in [0.15, 0.2) is 4.34 Å². The quantitative estimate of drug-likeness (QED) is 0.947. The van der Waals surface area contributed by atoms with E-state index in [1.165, 1.54) is 6.42 Å². The van der Waals surface area contributed by atoms with Crippen LogP contribution in [0.25, 0.3) is 10.2 Å². The Kier molecular flexibility index (Phi) is 4.72. The summed E-state index contributed by atoms with van der Waals surface area (Å²) in [6, 6.07) is 8.36. The Morgan fingerprint density at radius 1 is 1.44 bits per heavy atom. The molecule has 3 nitrogen and oxygen atoms in total. The van der Waals surface area contributed by atoms with E-state index in [9.17, 15) is 4.21 Å². The minimum atomic E-state index is -0.961. The second-order valence-electron chi connectivity index (χ2n) is 4.25. The van der Waals surface area contributed by atoms with E-state index in [2.05, 4.69) is 10.3 Å². The van der Waals surface area contributed by atoms with Gasteiger partial charge in [0.2, 0.25) is 0 Å². The molecule has 1 saturated heterocycles. The zero-order valence-corrected chi connectivity index (χ0v) is 12.2. The third-order valence-electron chi connectivity index (χ3n) is 2.98. The van der Waals surface area contributed by atoms with E-state index >= 15 is 0 Å². The van der Waals surface area contributed by atoms with E-state index < -0.39 is 10.8 Å². The fraction of sp³-hybridized carbons (Fsp3) is 0.417. The lowest BCUT2D eigenvalue weighted by Crippen LogP contribution is -2.27. The maximum Gasteiger partial charge on any atom is 0.181 e. The fourth-order valence-electron chi connectivity index (χ4n) is 2.10. The van der Waals surface area contributed by atoms with Gasteiger partial charge >= 0.3 is 0 Å². The maximum atomic E-state index is 12.2. The highest BCUT2D eigenvalue weighted by Crippen LogP contribution is 2.24. The molecule has 1 aromatic carbocycles. The van der Waals surface area contributed by atoms with Crippen LogP contribution in [0.5, 0.6) is 0 Å². The molecule has 2 heterocycles. The van der Waals surface area contributed by atoms with E-state index in [1.54, 1.807) is 11.3 Å². The smallest absolute Gasteiger partial charge is 0.181 e. The number of thiazole rings is 1. The number of hydrogen-bond acceptors (Lipinski definition) is 4. The highest BCUT2D eigenvalue weighted by atomic mass is 35.5. The number of para-hydroxylation sites is 1. The van der Waals surface area contributed by atoms with Crippen molar-refractivity contribution in [2.75, 3.05) is 12.3 Å². The van der Waals surface area contributed by atoms with Crippen LogP contribution in [0.2, 0.25) is 0 Å². The van der Waals surface area contributed by atoms with Crippen LogP contribution in [-0.4, -0.2) is 27.5 Å². The van der Waals surface area contributed by atoms with Crippen molar-refractivity contribution in [2.45, 2.75) is 23.2 Å². The molecule has 0 radical (unpaired) electrons. The average Bonchev–Trinajstić information content (AvgIpc) is 2.96. The Bertz CT molecular complexity index is 519. The van der Waals surface area contributed by atoms with Gasteiger partial charge in [0, 0.05) is 11.8 Å². The molecule has 0 saturated carbocycles. The lowest BCUT2D eigenvalue weighted by molar-refractivity contribution is 0.643. The first-order chi connectivity index (χ1) is 8.33. The van der Waals surface area contributed by atoms with Gasteiger partial charge in [-0.25, -0.2) is 4.98 Å². The van der Waals surface area contributed by atoms with Crippen molar-refractivity contribution in [3.05, 3.63) is 24.3 Å². The van der Waals surface area contributed by atoms with Gasteiger partial charge in [-0.05, 0) is 31.5 Å². The van der Waals surface area contributed by atoms with Crippen molar-refractivity contribution < 1.29 is 4.21 Å². The van der Waals surface area contributed by atoms with Crippen molar-refractivity contribution in [3.8, 4) is 0 Å². The second kappa shape index (κ2) is 6.10. The highest BCUT2D eigenvalue weighted by Gasteiger charge is 2.19. The van der Waals surface area contributed by atoms with Crippen LogP contribution >= 0.6 is 23.7 Å². The fourth-order valence-corrected chi connectivity index (χ4v) is 4.64. The topological polar surface area (TPSA) is 42.0 Å². The molecule has 2 unspecified atom stereocenters. The number of aromatic nitrogens is 1. The van der Waals surface area contributed by atoms with Crippen LogP contribution in [0.3, 0.4) is 0 Å². The first kappa shape index (κ1) is 13.9. The molecule has 0 spiro atoms. The average molecular weight is 303 g/mol. The van der Waals surface area contributed by atoms with Gasteiger partial charge in [0.25, 0.3) is 0 Å². The summed E-state index contributed by atoms with van der Waals surface area (Å²) in [7, 11) is -0.961. The first-order valence-corrected chi connectivity index (χ1v) is 7.94. The van der Waals surface area contributed by atoms with Crippen LogP contribution in [0.1, 0.15) is 12.8 Å². The summed E-state index contributed by atoms with van der Waals surface area (Å²) in [6.45, 7) is 1.06. The predicted molar refractivity (Wildman–Crippen MR) is 79.2 cm³/mol. The number of halogens is 1. The molecule has 98 valence electrons. The van der Waals surface area contributed by atoms with Crippen molar-refractivity contribution in [2.24, 2.45) is 0 Å². The molecular weight excluding hydrogens is 288 g/mol. The summed E-state index contributed by atoms with van der Waals surface area (Å²) < 4.78 is 14.1. The molecule has 0 aliphatic carbocycles. The minimum Gasteiger partial charge on any atom is -0.313 e. The van der Waals surface area contributed by atoms with Gasteiger partial charge < -0.3 is 5.32 Å². The van der Waals surface area contributed by atoms with Crippen LogP contribution in [0.4, 0.5) is 0 Å². The Balaban J connectivity index is 0.00000120. The summed E-state index contributed by atoms with van der Waals surface area (Å²) in [6.07, 6.45) is 2.33. The molecule has 6 heteroatoms. The second-order valence-corrected chi connectivity index (χ2v) is 6.95. The molecule has 2 aromatic rings. The Morgan fingerprint density at radius 3 is 3.00 bits per heavy atom. The summed E-state index contributed by atoms with van der Waals surface area (Å²) in [5.74, 6) is 0.694. The number of nitrogens with zero attached hydrogens (tertiary/aromatic N) is 1. The summed E-state index contributed by atoms with van der Waals surface area (Å²) in [5, 5.41) is 3.37. The van der Waals surface area contributed by atoms with E-state index in [1.807, 2.05) is 24.3 Å². The molecule has 3 rings (SSSR count). The van der Waals surface area contributed by atoms with Gasteiger partial charge in [-0.15, -0.1) is 23.7 Å². The molecule has 0 amide bonds. The third kappa shape index (κ3) is 2.91. The molecular formula is C12H15ClN2OS2. The molecule has 1 aromatic heterocycles. The maximum absolute atomic E-state index is 12.2. The van der Waals surface area contributed by atoms with Gasteiger partial charge in [-0.1, -0.05) is 12.1 Å². The molecule has 1 N–H and O–H groups in total. The largest absolute Gasteiger partial charge is 0.313 e. The number of rotatable bonds is 3. The van der Waals surface area contributed by atoms with E-state index in [0.717, 1.165) is 27.5 Å². The van der Waals surface area contributed by atoms with Crippen LogP contribution in [-0.2, 0) is 10.8 Å². The molecule has 1 aliphatic heterocycles. The monoisotopic (exact) mass is 302 g/mol. The number of nitrogens with one attached hydrogen (secondary N) is 1. The van der Waals surface area contributed by atoms with Gasteiger partial charge in [0.05, 0.1) is 21.0 Å². The summed E-state index contributed by atoms with van der Waals surface area (Å²) in [4.78, 5) is 4.45. The summed E-state index contributed by atoms with van der Waals surface area (Å²) in [5.41, 5.74) is 0.959. The van der Waals surface area contributed by atoms with Gasteiger partial charge in [-0.3, -0.25) is 4.21 Å². The Hall–Kier alpha value is -0.490. The highest BCUT2D eigenvalue weighted by molar-refractivity contribution is 7.87. The number of hydrogen-bond donors (Lipinski definition) is 1. The number of fused-ring (bicyclic) bond motifs is 1. The molecule has 0 bridgehead atoms. The lowest BCUT2D eigenvalue weighted by atomic mass is 10.3. The zero-order valence-electron chi connectivity index (χ0n) is 9.80. The molecule has 1 aliphatic rings. The zero-order chi connectivity index (χ0) is 11.7. The minimum absolute atomic E-state index is 0. The summed E-state index contributed by atoms with van der Waals surface area (Å²) >= 11 is 1.55. The lowest BCUT2D eigenvalue weighted by Gasteiger charge is -2.07. The normalized spacial score (nSPS) is 20.8. The van der Waals surface area contributed by atoms with Crippen molar-refractivity contribution in [1.82, 2.24) is 10.3 Å². The van der Waals surface area contributed by atoms with Gasteiger partial charge in [0.1, 0.15) is 0 Å². The first-order valence-electron chi connectivity index (χ1n) is 5.80. The standard InChI is InChI=1S/C12H14N2OS2.ClH/c15-17(8-9-4-3-7-13-9)12-14-10-5-1-2-6-11(10)16-12;/h1-2,5-6,9,13H,3-4,7-8H2;1H. The third-order valence-corrected chi connectivity index (χ3v) is 5.81. The van der Waals surface area contributed by atoms with E-state index in [0.29, 0.717) is 11.8 Å². The van der Waals surface area contributed by atoms with Crippen molar-refractivity contribution >= 4 is 44.8 Å². The Labute approximate surface area is 119 Å². The van der Waals surface area contributed by atoms with Crippen LogP contribution < -0.4 is 5.32 Å². The SMILES string of the molecule is Cl.O=S(CC1CCCN1)c1nc2ccccc2s1. The van der Waals surface area contributed by atoms with Crippen molar-refractivity contribution in [3.63, 3.8) is 0 Å². The van der Waals surface area contributed by atoms with Crippen molar-refractivity contribution in [1.29, 1.82) is 0 Å².